The topological polar surface area (TPSA) is 78.9 Å². The quantitative estimate of drug-likeness (QED) is 0.834. The number of hydrogen-bond donors (Lipinski definition) is 2. The first-order valence-corrected chi connectivity index (χ1v) is 5.41. The van der Waals surface area contributed by atoms with Gasteiger partial charge in [-0.2, -0.15) is 0 Å². The summed E-state index contributed by atoms with van der Waals surface area (Å²) in [5.41, 5.74) is 0.599. The molecule has 0 saturated carbocycles. The van der Waals surface area contributed by atoms with Gasteiger partial charge in [0, 0.05) is 25.3 Å². The van der Waals surface area contributed by atoms with E-state index in [-0.39, 0.29) is 19.0 Å². The largest absolute Gasteiger partial charge is 0.497 e. The summed E-state index contributed by atoms with van der Waals surface area (Å²) in [4.78, 5) is 23.4. The molecule has 6 nitrogen and oxygen atoms in total. The van der Waals surface area contributed by atoms with Crippen molar-refractivity contribution in [3.63, 3.8) is 0 Å². The molecule has 0 atom stereocenters. The summed E-state index contributed by atoms with van der Waals surface area (Å²) < 4.78 is 5.03. The average Bonchev–Trinajstić information content (AvgIpc) is 2.36. The van der Waals surface area contributed by atoms with Crippen molar-refractivity contribution in [2.24, 2.45) is 0 Å². The van der Waals surface area contributed by atoms with E-state index in [1.54, 1.807) is 38.4 Å². The van der Waals surface area contributed by atoms with Crippen LogP contribution in [0.2, 0.25) is 0 Å². The van der Waals surface area contributed by atoms with E-state index in [0.717, 1.165) is 0 Å². The van der Waals surface area contributed by atoms with Crippen LogP contribution < -0.4 is 10.1 Å². The van der Waals surface area contributed by atoms with Crippen molar-refractivity contribution in [3.05, 3.63) is 24.3 Å². The van der Waals surface area contributed by atoms with Gasteiger partial charge in [-0.25, -0.2) is 4.79 Å². The van der Waals surface area contributed by atoms with Crippen molar-refractivity contribution < 1.29 is 19.4 Å². The smallest absolute Gasteiger partial charge is 0.321 e. The fraction of sp³-hybridized carbons (Fsp3) is 0.333. The molecular formula is C12H16N2O4. The molecular weight excluding hydrogens is 236 g/mol. The van der Waals surface area contributed by atoms with Crippen molar-refractivity contribution in [1.29, 1.82) is 0 Å². The molecule has 0 fully saturated rings. The molecule has 2 amide bonds. The molecule has 0 aliphatic carbocycles. The lowest BCUT2D eigenvalue weighted by atomic mass is 10.3. The number of carboxylic acids is 1. The zero-order chi connectivity index (χ0) is 13.5. The van der Waals surface area contributed by atoms with Gasteiger partial charge in [0.15, 0.2) is 0 Å². The summed E-state index contributed by atoms with van der Waals surface area (Å²) in [7, 11) is 3.08. The summed E-state index contributed by atoms with van der Waals surface area (Å²) in [6.07, 6.45) is -0.0813. The first-order valence-electron chi connectivity index (χ1n) is 5.41. The van der Waals surface area contributed by atoms with Gasteiger partial charge in [-0.3, -0.25) is 4.79 Å². The number of nitrogens with one attached hydrogen (secondary N) is 1. The Labute approximate surface area is 105 Å². The van der Waals surface area contributed by atoms with E-state index in [9.17, 15) is 9.59 Å². The predicted octanol–water partition coefficient (Wildman–Crippen LogP) is 1.63. The monoisotopic (exact) mass is 252 g/mol. The van der Waals surface area contributed by atoms with Gasteiger partial charge >= 0.3 is 12.0 Å². The van der Waals surface area contributed by atoms with Gasteiger partial charge in [-0.1, -0.05) is 6.07 Å². The number of amides is 2. The molecule has 98 valence electrons. The Hall–Kier alpha value is -2.24. The molecule has 2 N–H and O–H groups in total. The predicted molar refractivity (Wildman–Crippen MR) is 66.9 cm³/mol. The van der Waals surface area contributed by atoms with Crippen LogP contribution in [0, 0.1) is 0 Å². The molecule has 6 heteroatoms. The zero-order valence-electron chi connectivity index (χ0n) is 10.3. The summed E-state index contributed by atoms with van der Waals surface area (Å²) in [5.74, 6) is -0.294. The van der Waals surface area contributed by atoms with Crippen LogP contribution in [0.4, 0.5) is 10.5 Å². The highest BCUT2D eigenvalue weighted by molar-refractivity contribution is 5.89. The van der Waals surface area contributed by atoms with E-state index in [2.05, 4.69) is 5.32 Å². The highest BCUT2D eigenvalue weighted by atomic mass is 16.5. The summed E-state index contributed by atoms with van der Waals surface area (Å²) >= 11 is 0. The maximum Gasteiger partial charge on any atom is 0.321 e. The Kier molecular flexibility index (Phi) is 4.98. The zero-order valence-corrected chi connectivity index (χ0v) is 10.3. The Bertz CT molecular complexity index is 434. The molecule has 1 rings (SSSR count). The fourth-order valence-corrected chi connectivity index (χ4v) is 1.28. The molecule has 0 spiro atoms. The molecule has 0 radical (unpaired) electrons. The van der Waals surface area contributed by atoms with E-state index in [1.807, 2.05) is 0 Å². The number of aliphatic carboxylic acids is 1. The highest BCUT2D eigenvalue weighted by Crippen LogP contribution is 2.16. The number of carboxylic acid groups (broad SMARTS) is 1. The second kappa shape index (κ2) is 6.48. The van der Waals surface area contributed by atoms with Gasteiger partial charge in [-0.05, 0) is 12.1 Å². The Morgan fingerprint density at radius 3 is 2.78 bits per heavy atom. The Morgan fingerprint density at radius 2 is 2.17 bits per heavy atom. The summed E-state index contributed by atoms with van der Waals surface area (Å²) in [5, 5.41) is 11.2. The molecule has 0 saturated heterocycles. The number of urea groups is 1. The molecule has 0 heterocycles. The number of nitrogens with zero attached hydrogens (tertiary/aromatic N) is 1. The standard InChI is InChI=1S/C12H16N2O4/c1-14(7-6-11(15)16)12(17)13-9-4-3-5-10(8-9)18-2/h3-5,8H,6-7H2,1-2H3,(H,13,17)(H,15,16). The third-order valence-corrected chi connectivity index (χ3v) is 2.33. The number of anilines is 1. The van der Waals surface area contributed by atoms with E-state index in [4.69, 9.17) is 9.84 Å². The number of hydrogen-bond acceptors (Lipinski definition) is 3. The van der Waals surface area contributed by atoms with Crippen LogP contribution in [0.25, 0.3) is 0 Å². The number of rotatable bonds is 5. The molecule has 18 heavy (non-hydrogen) atoms. The summed E-state index contributed by atoms with van der Waals surface area (Å²) in [6.45, 7) is 0.158. The molecule has 1 aromatic carbocycles. The van der Waals surface area contributed by atoms with Crippen LogP contribution in [-0.2, 0) is 4.79 Å². The van der Waals surface area contributed by atoms with Crippen LogP contribution in [0.5, 0.6) is 5.75 Å². The third-order valence-electron chi connectivity index (χ3n) is 2.33. The van der Waals surface area contributed by atoms with E-state index in [0.29, 0.717) is 11.4 Å². The number of methoxy groups -OCH3 is 1. The van der Waals surface area contributed by atoms with Crippen molar-refractivity contribution in [2.45, 2.75) is 6.42 Å². The normalized spacial score (nSPS) is 9.67. The molecule has 0 bridgehead atoms. The highest BCUT2D eigenvalue weighted by Gasteiger charge is 2.10. The number of carbonyl (C=O) groups excluding carboxylic acids is 1. The van der Waals surface area contributed by atoms with Crippen LogP contribution in [0.1, 0.15) is 6.42 Å². The van der Waals surface area contributed by atoms with Crippen molar-refractivity contribution >= 4 is 17.7 Å². The van der Waals surface area contributed by atoms with Gasteiger partial charge in [0.25, 0.3) is 0 Å². The van der Waals surface area contributed by atoms with Gasteiger partial charge in [0.2, 0.25) is 0 Å². The lowest BCUT2D eigenvalue weighted by Crippen LogP contribution is -2.33. The molecule has 0 unspecified atom stereocenters. The van der Waals surface area contributed by atoms with E-state index in [1.165, 1.54) is 4.90 Å². The Balaban J connectivity index is 2.55. The lowest BCUT2D eigenvalue weighted by molar-refractivity contribution is -0.137. The number of benzene rings is 1. The van der Waals surface area contributed by atoms with Crippen molar-refractivity contribution in [2.75, 3.05) is 26.0 Å². The van der Waals surface area contributed by atoms with Crippen LogP contribution >= 0.6 is 0 Å². The lowest BCUT2D eigenvalue weighted by Gasteiger charge is -2.17. The van der Waals surface area contributed by atoms with E-state index < -0.39 is 5.97 Å². The Morgan fingerprint density at radius 1 is 1.44 bits per heavy atom. The minimum atomic E-state index is -0.934. The SMILES string of the molecule is COc1cccc(NC(=O)N(C)CCC(=O)O)c1. The van der Waals surface area contributed by atoms with E-state index >= 15 is 0 Å². The maximum absolute atomic E-state index is 11.7. The summed E-state index contributed by atoms with van der Waals surface area (Å²) in [6, 6.07) is 6.58. The first kappa shape index (κ1) is 13.8. The van der Waals surface area contributed by atoms with Crippen molar-refractivity contribution in [3.8, 4) is 5.75 Å². The molecule has 0 aliphatic heterocycles. The number of ether oxygens (including phenoxy) is 1. The van der Waals surface area contributed by atoms with Gasteiger partial charge in [0.05, 0.1) is 13.5 Å². The van der Waals surface area contributed by atoms with Crippen LogP contribution in [0.15, 0.2) is 24.3 Å². The minimum Gasteiger partial charge on any atom is -0.497 e. The minimum absolute atomic E-state index is 0.0813. The molecule has 1 aromatic rings. The third kappa shape index (κ3) is 4.32. The van der Waals surface area contributed by atoms with Crippen LogP contribution in [-0.4, -0.2) is 42.7 Å². The van der Waals surface area contributed by atoms with Crippen molar-refractivity contribution in [1.82, 2.24) is 4.90 Å². The maximum atomic E-state index is 11.7. The molecule has 0 aromatic heterocycles. The first-order chi connectivity index (χ1) is 8.52. The second-order valence-corrected chi connectivity index (χ2v) is 3.73. The van der Waals surface area contributed by atoms with Gasteiger partial charge < -0.3 is 20.1 Å². The molecule has 0 aliphatic rings. The van der Waals surface area contributed by atoms with Gasteiger partial charge in [0.1, 0.15) is 5.75 Å². The fourth-order valence-electron chi connectivity index (χ4n) is 1.28. The average molecular weight is 252 g/mol. The van der Waals surface area contributed by atoms with Gasteiger partial charge in [-0.15, -0.1) is 0 Å². The second-order valence-electron chi connectivity index (χ2n) is 3.73. The van der Waals surface area contributed by atoms with Crippen LogP contribution in [0.3, 0.4) is 0 Å². The number of carbonyl (C=O) groups is 2.